The van der Waals surface area contributed by atoms with Crippen LogP contribution in [-0.4, -0.2) is 18.2 Å². The lowest BCUT2D eigenvalue weighted by atomic mass is 10.0. The molecule has 4 N–H and O–H groups in total. The summed E-state index contributed by atoms with van der Waals surface area (Å²) in [5, 5.41) is 13.0. The van der Waals surface area contributed by atoms with E-state index in [1.54, 1.807) is 6.07 Å². The molecule has 0 radical (unpaired) electrons. The maximum Gasteiger partial charge on any atom is 0.350 e. The Morgan fingerprint density at radius 1 is 1.36 bits per heavy atom. The fourth-order valence-electron chi connectivity index (χ4n) is 1.91. The van der Waals surface area contributed by atoms with Gasteiger partial charge in [0.2, 0.25) is 5.88 Å². The van der Waals surface area contributed by atoms with E-state index in [2.05, 4.69) is 9.89 Å². The zero-order valence-corrected chi connectivity index (χ0v) is 12.1. The predicted molar refractivity (Wildman–Crippen MR) is 79.8 cm³/mol. The lowest BCUT2D eigenvalue weighted by Crippen LogP contribution is -2.12. The van der Waals surface area contributed by atoms with Crippen LogP contribution in [0.2, 0.25) is 0 Å². The van der Waals surface area contributed by atoms with Crippen LogP contribution < -0.4 is 11.5 Å². The fraction of sp³-hybridized carbons (Fsp3) is 0.133. The van der Waals surface area contributed by atoms with Crippen LogP contribution in [0.4, 0.5) is 5.88 Å². The number of carbonyl (C=O) groups excluding carboxylic acids is 1. The molecule has 7 nitrogen and oxygen atoms in total. The number of rotatable bonds is 3. The highest BCUT2D eigenvalue weighted by Gasteiger charge is 2.24. The first-order valence-electron chi connectivity index (χ1n) is 6.30. The molecule has 22 heavy (non-hydrogen) atoms. The van der Waals surface area contributed by atoms with Gasteiger partial charge < -0.3 is 20.7 Å². The number of nitrogens with zero attached hydrogens (tertiary/aromatic N) is 2. The number of carbonyl (C=O) groups is 1. The Morgan fingerprint density at radius 2 is 2.00 bits per heavy atom. The molecule has 0 fully saturated rings. The molecule has 0 aliphatic heterocycles. The smallest absolute Gasteiger partial charge is 0.350 e. The second-order valence-corrected chi connectivity index (χ2v) is 4.53. The summed E-state index contributed by atoms with van der Waals surface area (Å²) in [4.78, 5) is 11.6. The van der Waals surface area contributed by atoms with Crippen molar-refractivity contribution >= 4 is 17.6 Å². The molecule has 0 aliphatic carbocycles. The van der Waals surface area contributed by atoms with Crippen molar-refractivity contribution in [2.75, 3.05) is 12.8 Å². The van der Waals surface area contributed by atoms with Gasteiger partial charge in [0.25, 0.3) is 0 Å². The minimum absolute atomic E-state index is 0.0790. The number of esters is 1. The van der Waals surface area contributed by atoms with Gasteiger partial charge in [-0.15, -0.1) is 0 Å². The van der Waals surface area contributed by atoms with E-state index in [0.29, 0.717) is 11.3 Å². The highest BCUT2D eigenvalue weighted by molar-refractivity contribution is 6.03. The monoisotopic (exact) mass is 298 g/mol. The van der Waals surface area contributed by atoms with Crippen LogP contribution in [0.15, 0.2) is 34.4 Å². The van der Waals surface area contributed by atoms with Crippen molar-refractivity contribution < 1.29 is 14.1 Å². The number of nitrogens with two attached hydrogens (primary N) is 2. The molecule has 0 aliphatic rings. The van der Waals surface area contributed by atoms with Gasteiger partial charge in [0.05, 0.1) is 18.4 Å². The van der Waals surface area contributed by atoms with Crippen LogP contribution in [0, 0.1) is 18.3 Å². The zero-order valence-electron chi connectivity index (χ0n) is 12.1. The average molecular weight is 298 g/mol. The minimum atomic E-state index is -0.851. The third-order valence-electron chi connectivity index (χ3n) is 3.08. The van der Waals surface area contributed by atoms with Crippen molar-refractivity contribution in [3.05, 3.63) is 41.0 Å². The molecule has 1 aromatic heterocycles. The molecule has 7 heteroatoms. The second-order valence-electron chi connectivity index (χ2n) is 4.53. The molecule has 0 saturated carbocycles. The number of ether oxygens (including phenoxy) is 1. The second kappa shape index (κ2) is 6.01. The van der Waals surface area contributed by atoms with Crippen LogP contribution in [0.1, 0.15) is 11.1 Å². The molecular formula is C15H14N4O3. The largest absolute Gasteiger partial charge is 0.465 e. The van der Waals surface area contributed by atoms with Crippen LogP contribution in [0.25, 0.3) is 17.0 Å². The van der Waals surface area contributed by atoms with E-state index < -0.39 is 5.97 Å². The van der Waals surface area contributed by atoms with Crippen molar-refractivity contribution in [2.45, 2.75) is 6.92 Å². The van der Waals surface area contributed by atoms with Gasteiger partial charge in [-0.2, -0.15) is 5.26 Å². The Hall–Kier alpha value is -3.27. The quantitative estimate of drug-likeness (QED) is 0.500. The number of nitrogen functional groups attached to an aromatic ring is 1. The Morgan fingerprint density at radius 3 is 2.55 bits per heavy atom. The lowest BCUT2D eigenvalue weighted by Gasteiger charge is -2.05. The van der Waals surface area contributed by atoms with Gasteiger partial charge in [-0.05, 0) is 6.92 Å². The van der Waals surface area contributed by atoms with Gasteiger partial charge in [-0.3, -0.25) is 0 Å². The third-order valence-corrected chi connectivity index (χ3v) is 3.08. The number of aromatic nitrogens is 1. The van der Waals surface area contributed by atoms with Crippen molar-refractivity contribution in [3.8, 4) is 17.3 Å². The van der Waals surface area contributed by atoms with Gasteiger partial charge >= 0.3 is 5.97 Å². The average Bonchev–Trinajstić information content (AvgIpc) is 2.90. The van der Waals surface area contributed by atoms with Gasteiger partial charge in [0.1, 0.15) is 11.8 Å². The molecule has 1 aromatic carbocycles. The van der Waals surface area contributed by atoms with Crippen LogP contribution in [0.5, 0.6) is 0 Å². The first-order chi connectivity index (χ1) is 10.5. The van der Waals surface area contributed by atoms with Gasteiger partial charge in [-0.25, -0.2) is 4.79 Å². The van der Waals surface area contributed by atoms with Gasteiger partial charge in [-0.1, -0.05) is 35.0 Å². The normalized spacial score (nSPS) is 11.5. The summed E-state index contributed by atoms with van der Waals surface area (Å²) in [6.45, 7) is 1.95. The summed E-state index contributed by atoms with van der Waals surface area (Å²) in [5.74, 6) is -0.930. The Labute approximate surface area is 126 Å². The zero-order chi connectivity index (χ0) is 16.3. The van der Waals surface area contributed by atoms with Crippen molar-refractivity contribution in [2.24, 2.45) is 5.73 Å². The molecule has 0 amide bonds. The first-order valence-corrected chi connectivity index (χ1v) is 6.30. The number of aryl methyl sites for hydroxylation is 1. The molecule has 0 atom stereocenters. The third kappa shape index (κ3) is 2.62. The molecule has 0 saturated heterocycles. The first kappa shape index (κ1) is 15.1. The number of benzene rings is 1. The summed E-state index contributed by atoms with van der Waals surface area (Å²) in [7, 11) is 1.16. The van der Waals surface area contributed by atoms with E-state index in [0.717, 1.165) is 12.7 Å². The molecule has 2 rings (SSSR count). The van der Waals surface area contributed by atoms with Crippen LogP contribution >= 0.6 is 0 Å². The van der Waals surface area contributed by atoms with E-state index in [1.165, 1.54) is 0 Å². The van der Waals surface area contributed by atoms with E-state index in [-0.39, 0.29) is 22.7 Å². The van der Waals surface area contributed by atoms with E-state index in [4.69, 9.17) is 21.3 Å². The molecule has 0 unspecified atom stereocenters. The molecule has 112 valence electrons. The Bertz CT molecular complexity index is 782. The minimum Gasteiger partial charge on any atom is -0.465 e. The number of nitriles is 1. The maximum atomic E-state index is 11.6. The molecule has 0 spiro atoms. The predicted octanol–water partition coefficient (Wildman–Crippen LogP) is 1.60. The maximum absolute atomic E-state index is 11.6. The Balaban J connectivity index is 2.64. The molecular weight excluding hydrogens is 284 g/mol. The van der Waals surface area contributed by atoms with E-state index in [9.17, 15) is 4.79 Å². The summed E-state index contributed by atoms with van der Waals surface area (Å²) in [5.41, 5.74) is 13.5. The highest BCUT2D eigenvalue weighted by atomic mass is 16.5. The fourth-order valence-corrected chi connectivity index (χ4v) is 1.91. The van der Waals surface area contributed by atoms with E-state index >= 15 is 0 Å². The number of hydrogen-bond acceptors (Lipinski definition) is 7. The standard InChI is InChI=1S/C15H14N4O3/c1-8-3-5-9(6-4-8)13-11(14(18)22-19-13)12(17)10(7-16)15(20)21-2/h3-6H,17-18H2,1-2H3/b12-10+. The van der Waals surface area contributed by atoms with Gasteiger partial charge in [0.15, 0.2) is 5.57 Å². The van der Waals surface area contributed by atoms with Crippen molar-refractivity contribution in [3.63, 3.8) is 0 Å². The molecule has 1 heterocycles. The van der Waals surface area contributed by atoms with Crippen molar-refractivity contribution in [1.29, 1.82) is 5.26 Å². The summed E-state index contributed by atoms with van der Waals surface area (Å²) in [6, 6.07) is 9.11. The molecule has 0 bridgehead atoms. The number of anilines is 1. The number of methoxy groups -OCH3 is 1. The van der Waals surface area contributed by atoms with Crippen molar-refractivity contribution in [1.82, 2.24) is 5.16 Å². The highest BCUT2D eigenvalue weighted by Crippen LogP contribution is 2.32. The topological polar surface area (TPSA) is 128 Å². The van der Waals surface area contributed by atoms with Crippen LogP contribution in [0.3, 0.4) is 0 Å². The summed E-state index contributed by atoms with van der Waals surface area (Å²) < 4.78 is 9.49. The molecule has 2 aromatic rings. The SMILES string of the molecule is COC(=O)/C(C#N)=C(/N)c1c(-c2ccc(C)cc2)noc1N. The van der Waals surface area contributed by atoms with E-state index in [1.807, 2.05) is 31.2 Å². The summed E-state index contributed by atoms with van der Waals surface area (Å²) in [6.07, 6.45) is 0. The van der Waals surface area contributed by atoms with Gasteiger partial charge in [0, 0.05) is 5.56 Å². The Kier molecular flexibility index (Phi) is 4.13. The van der Waals surface area contributed by atoms with Crippen LogP contribution in [-0.2, 0) is 9.53 Å². The lowest BCUT2D eigenvalue weighted by molar-refractivity contribution is -0.135. The number of hydrogen-bond donors (Lipinski definition) is 2. The summed E-state index contributed by atoms with van der Waals surface area (Å²) >= 11 is 0.